The second kappa shape index (κ2) is 9.06. The molecule has 194 valence electrons. The Kier molecular flexibility index (Phi) is 5.51. The smallest absolute Gasteiger partial charge is 0.231 e. The fourth-order valence-electron chi connectivity index (χ4n) is 5.91. The van der Waals surface area contributed by atoms with Crippen LogP contribution in [0.15, 0.2) is 54.7 Å². The van der Waals surface area contributed by atoms with Crippen LogP contribution in [0.1, 0.15) is 11.1 Å². The second-order valence-corrected chi connectivity index (χ2v) is 10.1. The molecule has 0 spiro atoms. The molecule has 7 rings (SSSR count). The van der Waals surface area contributed by atoms with Crippen molar-refractivity contribution in [2.75, 3.05) is 45.0 Å². The van der Waals surface area contributed by atoms with Crippen LogP contribution >= 0.6 is 0 Å². The highest BCUT2D eigenvalue weighted by atomic mass is 19.1. The molecule has 38 heavy (non-hydrogen) atoms. The molecule has 0 saturated carbocycles. The SMILES string of the molecule is COc1cc(CN2CCN(c3ccc(F)cc3)CC2)c2cc3[n+](cc2c1O)CCc1cc2c(cc1-3)OCO2. The molecule has 0 bridgehead atoms. The van der Waals surface area contributed by atoms with Crippen molar-refractivity contribution in [2.24, 2.45) is 0 Å². The number of hydrogen-bond donors (Lipinski definition) is 1. The quantitative estimate of drug-likeness (QED) is 0.411. The van der Waals surface area contributed by atoms with E-state index in [0.717, 1.165) is 90.5 Å². The number of aromatic nitrogens is 1. The summed E-state index contributed by atoms with van der Waals surface area (Å²) >= 11 is 0. The number of aryl methyl sites for hydroxylation is 2. The van der Waals surface area contributed by atoms with E-state index >= 15 is 0 Å². The topological polar surface area (TPSA) is 58.3 Å². The molecule has 3 aliphatic rings. The number of aromatic hydroxyl groups is 1. The van der Waals surface area contributed by atoms with Gasteiger partial charge in [0.15, 0.2) is 35.7 Å². The summed E-state index contributed by atoms with van der Waals surface area (Å²) in [6, 6.07) is 15.0. The molecule has 0 aliphatic carbocycles. The van der Waals surface area contributed by atoms with Crippen LogP contribution in [0.2, 0.25) is 0 Å². The van der Waals surface area contributed by atoms with Gasteiger partial charge in [0.05, 0.1) is 18.1 Å². The molecular formula is C30H29FN3O4+. The van der Waals surface area contributed by atoms with E-state index in [1.54, 1.807) is 7.11 Å². The number of halogens is 1. The number of phenolic OH excluding ortho intramolecular Hbond substituents is 1. The van der Waals surface area contributed by atoms with Crippen molar-refractivity contribution in [1.29, 1.82) is 0 Å². The summed E-state index contributed by atoms with van der Waals surface area (Å²) in [6.07, 6.45) is 2.93. The van der Waals surface area contributed by atoms with Gasteiger partial charge in [-0.2, -0.15) is 4.57 Å². The van der Waals surface area contributed by atoms with Crippen molar-refractivity contribution in [3.05, 3.63) is 71.7 Å². The standard InChI is InChI=1S/C30H28FN3O4/c1-36-29-13-20(16-32-8-10-33(11-9-32)22-4-2-21(31)3-5-22)23-14-26-24-15-28-27(37-18-38-28)12-19(24)6-7-34(26)17-25(23)30(29)35/h2-5,12-15,17H,6-11,16,18H2,1H3/p+1. The third-order valence-corrected chi connectivity index (χ3v) is 7.98. The lowest BCUT2D eigenvalue weighted by atomic mass is 9.94. The van der Waals surface area contributed by atoms with Gasteiger partial charge in [-0.05, 0) is 53.6 Å². The van der Waals surface area contributed by atoms with Gasteiger partial charge in [0.25, 0.3) is 0 Å². The number of phenols is 1. The van der Waals surface area contributed by atoms with Crippen LogP contribution in [0.25, 0.3) is 22.0 Å². The molecule has 4 heterocycles. The van der Waals surface area contributed by atoms with Crippen molar-refractivity contribution in [2.45, 2.75) is 19.5 Å². The Labute approximate surface area is 220 Å². The summed E-state index contributed by atoms with van der Waals surface area (Å²) in [6.45, 7) is 5.30. The number of anilines is 1. The number of hydrogen-bond acceptors (Lipinski definition) is 6. The molecule has 4 aromatic rings. The zero-order chi connectivity index (χ0) is 25.8. The first-order valence-corrected chi connectivity index (χ1v) is 13.0. The van der Waals surface area contributed by atoms with Crippen LogP contribution in [-0.2, 0) is 19.5 Å². The Bertz CT molecular complexity index is 1550. The van der Waals surface area contributed by atoms with Crippen molar-refractivity contribution in [3.63, 3.8) is 0 Å². The van der Waals surface area contributed by atoms with E-state index in [4.69, 9.17) is 14.2 Å². The molecule has 0 atom stereocenters. The van der Waals surface area contributed by atoms with Crippen LogP contribution in [0.3, 0.4) is 0 Å². The van der Waals surface area contributed by atoms with Gasteiger partial charge in [-0.3, -0.25) is 4.90 Å². The normalized spacial score (nSPS) is 16.4. The Morgan fingerprint density at radius 2 is 1.74 bits per heavy atom. The van der Waals surface area contributed by atoms with Crippen LogP contribution < -0.4 is 23.7 Å². The Morgan fingerprint density at radius 3 is 2.50 bits per heavy atom. The summed E-state index contributed by atoms with van der Waals surface area (Å²) in [5.74, 6) is 2.01. The molecule has 0 unspecified atom stereocenters. The molecular weight excluding hydrogens is 485 g/mol. The summed E-state index contributed by atoms with van der Waals surface area (Å²) in [4.78, 5) is 4.71. The van der Waals surface area contributed by atoms with E-state index in [1.807, 2.05) is 24.4 Å². The van der Waals surface area contributed by atoms with Gasteiger partial charge < -0.3 is 24.2 Å². The van der Waals surface area contributed by atoms with Crippen molar-refractivity contribution >= 4 is 16.5 Å². The molecule has 1 fully saturated rings. The highest BCUT2D eigenvalue weighted by Gasteiger charge is 2.29. The molecule has 3 aliphatic heterocycles. The van der Waals surface area contributed by atoms with Crippen LogP contribution in [-0.4, -0.2) is 50.1 Å². The predicted octanol–water partition coefficient (Wildman–Crippen LogP) is 4.25. The molecule has 3 aromatic carbocycles. The lowest BCUT2D eigenvalue weighted by molar-refractivity contribution is -0.686. The Hall–Kier alpha value is -4.04. The van der Waals surface area contributed by atoms with Crippen LogP contribution in [0, 0.1) is 5.82 Å². The molecule has 0 amide bonds. The number of nitrogens with zero attached hydrogens (tertiary/aromatic N) is 3. The lowest BCUT2D eigenvalue weighted by Gasteiger charge is -2.36. The maximum absolute atomic E-state index is 13.4. The fourth-order valence-corrected chi connectivity index (χ4v) is 5.91. The zero-order valence-electron chi connectivity index (χ0n) is 21.2. The van der Waals surface area contributed by atoms with E-state index in [1.165, 1.54) is 17.7 Å². The molecule has 0 radical (unpaired) electrons. The van der Waals surface area contributed by atoms with Gasteiger partial charge in [-0.25, -0.2) is 4.39 Å². The Morgan fingerprint density at radius 1 is 0.974 bits per heavy atom. The summed E-state index contributed by atoms with van der Waals surface area (Å²) in [5, 5.41) is 12.9. The summed E-state index contributed by atoms with van der Waals surface area (Å²) in [7, 11) is 1.59. The monoisotopic (exact) mass is 514 g/mol. The number of pyridine rings is 1. The minimum absolute atomic E-state index is 0.166. The fraction of sp³-hybridized carbons (Fsp3) is 0.300. The number of rotatable bonds is 4. The number of fused-ring (bicyclic) bond motifs is 5. The first-order chi connectivity index (χ1) is 18.6. The number of ether oxygens (including phenoxy) is 3. The first-order valence-electron chi connectivity index (χ1n) is 13.0. The highest BCUT2D eigenvalue weighted by molar-refractivity contribution is 5.94. The maximum Gasteiger partial charge on any atom is 0.231 e. The minimum Gasteiger partial charge on any atom is -0.504 e. The molecule has 1 N–H and O–H groups in total. The largest absolute Gasteiger partial charge is 0.504 e. The zero-order valence-corrected chi connectivity index (χ0v) is 21.2. The third-order valence-electron chi connectivity index (χ3n) is 7.98. The van der Waals surface area contributed by atoms with E-state index in [2.05, 4.69) is 32.6 Å². The summed E-state index contributed by atoms with van der Waals surface area (Å²) < 4.78 is 32.4. The lowest BCUT2D eigenvalue weighted by Crippen LogP contribution is -2.46. The maximum atomic E-state index is 13.4. The minimum atomic E-state index is -0.214. The van der Waals surface area contributed by atoms with Gasteiger partial charge in [0, 0.05) is 56.3 Å². The molecule has 8 heteroatoms. The molecule has 1 aromatic heterocycles. The second-order valence-electron chi connectivity index (χ2n) is 10.1. The van der Waals surface area contributed by atoms with E-state index in [9.17, 15) is 9.50 Å². The average molecular weight is 515 g/mol. The van der Waals surface area contributed by atoms with Crippen molar-refractivity contribution < 1.29 is 28.3 Å². The molecule has 1 saturated heterocycles. The van der Waals surface area contributed by atoms with Gasteiger partial charge in [0.2, 0.25) is 12.5 Å². The van der Waals surface area contributed by atoms with Gasteiger partial charge in [0.1, 0.15) is 5.82 Å². The van der Waals surface area contributed by atoms with Gasteiger partial charge in [-0.15, -0.1) is 0 Å². The van der Waals surface area contributed by atoms with Gasteiger partial charge in [-0.1, -0.05) is 0 Å². The van der Waals surface area contributed by atoms with Crippen molar-refractivity contribution in [3.8, 4) is 34.3 Å². The Balaban J connectivity index is 1.23. The average Bonchev–Trinajstić information content (AvgIpc) is 3.41. The number of piperazine rings is 1. The predicted molar refractivity (Wildman–Crippen MR) is 142 cm³/mol. The van der Waals surface area contributed by atoms with E-state index in [-0.39, 0.29) is 18.4 Å². The first kappa shape index (κ1) is 23.1. The third kappa shape index (κ3) is 3.87. The number of methoxy groups -OCH3 is 1. The van der Waals surface area contributed by atoms with Crippen molar-refractivity contribution in [1.82, 2.24) is 4.90 Å². The number of benzene rings is 3. The van der Waals surface area contributed by atoms with Crippen LogP contribution in [0.4, 0.5) is 10.1 Å². The molecule has 7 nitrogen and oxygen atoms in total. The highest BCUT2D eigenvalue weighted by Crippen LogP contribution is 2.42. The van der Waals surface area contributed by atoms with E-state index in [0.29, 0.717) is 5.75 Å². The van der Waals surface area contributed by atoms with Gasteiger partial charge >= 0.3 is 0 Å². The van der Waals surface area contributed by atoms with Crippen LogP contribution in [0.5, 0.6) is 23.0 Å². The van der Waals surface area contributed by atoms with E-state index < -0.39 is 0 Å². The summed E-state index contributed by atoms with van der Waals surface area (Å²) in [5.41, 5.74) is 5.64.